The van der Waals surface area contributed by atoms with Gasteiger partial charge in [0.15, 0.2) is 23.6 Å². The van der Waals surface area contributed by atoms with E-state index in [0.717, 1.165) is 35.8 Å². The topological polar surface area (TPSA) is 73.1 Å². The van der Waals surface area contributed by atoms with E-state index >= 15 is 0 Å². The Morgan fingerprint density at radius 1 is 1.00 bits per heavy atom. The zero-order valence-electron chi connectivity index (χ0n) is 24.7. The molecule has 6 rings (SSSR count). The fourth-order valence-corrected chi connectivity index (χ4v) is 5.73. The Bertz CT molecular complexity index is 1930. The van der Waals surface area contributed by atoms with Crippen LogP contribution in [0.1, 0.15) is 50.0 Å². The highest BCUT2D eigenvalue weighted by Crippen LogP contribution is 2.41. The van der Waals surface area contributed by atoms with Crippen LogP contribution in [0.5, 0.6) is 5.75 Å². The number of benzene rings is 3. The Labute approximate surface area is 252 Å². The lowest BCUT2D eigenvalue weighted by Crippen LogP contribution is -2.28. The highest BCUT2D eigenvalue weighted by Gasteiger charge is 2.33. The molecule has 0 saturated carbocycles. The lowest BCUT2D eigenvalue weighted by atomic mass is 9.91. The van der Waals surface area contributed by atoms with Gasteiger partial charge in [0, 0.05) is 34.6 Å². The van der Waals surface area contributed by atoms with E-state index in [1.54, 1.807) is 30.5 Å². The Kier molecular flexibility index (Phi) is 7.45. The second-order valence-corrected chi connectivity index (χ2v) is 12.0. The number of aromatic nitrogens is 2. The molecule has 0 saturated heterocycles. The van der Waals surface area contributed by atoms with Gasteiger partial charge in [-0.05, 0) is 93.1 Å². The van der Waals surface area contributed by atoms with Gasteiger partial charge in [-0.15, -0.1) is 0 Å². The maximum atomic E-state index is 14.7. The zero-order valence-corrected chi connectivity index (χ0v) is 24.7. The fraction of sp³-hybridized carbons (Fsp3) is 0.257. The first-order valence-corrected chi connectivity index (χ1v) is 14.3. The predicted octanol–water partition coefficient (Wildman–Crippen LogP) is 8.33. The van der Waals surface area contributed by atoms with Crippen molar-refractivity contribution >= 4 is 11.6 Å². The molecule has 1 N–H and O–H groups in total. The second kappa shape index (κ2) is 11.1. The third kappa shape index (κ3) is 5.43. The summed E-state index contributed by atoms with van der Waals surface area (Å²) < 4.78 is 56.1. The molecule has 0 aliphatic carbocycles. The Balaban J connectivity index is 1.57. The van der Waals surface area contributed by atoms with Crippen molar-refractivity contribution in [3.8, 4) is 39.3 Å². The van der Waals surface area contributed by atoms with Crippen molar-refractivity contribution in [1.29, 1.82) is 0 Å². The van der Waals surface area contributed by atoms with Crippen LogP contribution < -0.4 is 4.74 Å². The molecule has 3 heterocycles. The molecule has 2 aromatic heterocycles. The molecule has 226 valence electrons. The van der Waals surface area contributed by atoms with Crippen LogP contribution in [0.4, 0.5) is 13.2 Å². The van der Waals surface area contributed by atoms with Gasteiger partial charge in [0.25, 0.3) is 0 Å². The van der Waals surface area contributed by atoms with Crippen LogP contribution in [0.25, 0.3) is 39.2 Å². The molecular weight excluding hydrogens is 569 g/mol. The van der Waals surface area contributed by atoms with Gasteiger partial charge in [-0.2, -0.15) is 0 Å². The normalized spacial score (nSPS) is 13.9. The van der Waals surface area contributed by atoms with Crippen LogP contribution in [-0.2, 0) is 16.0 Å². The summed E-state index contributed by atoms with van der Waals surface area (Å²) in [5.74, 6) is -4.38. The van der Waals surface area contributed by atoms with Crippen molar-refractivity contribution in [2.45, 2.75) is 52.2 Å². The second-order valence-electron chi connectivity index (χ2n) is 12.0. The molecule has 0 fully saturated rings. The molecule has 5 aromatic rings. The van der Waals surface area contributed by atoms with E-state index < -0.39 is 35.1 Å². The lowest BCUT2D eigenvalue weighted by Gasteiger charge is -2.28. The number of hydrogen-bond acceptors (Lipinski definition) is 4. The van der Waals surface area contributed by atoms with Gasteiger partial charge in [0.05, 0.1) is 17.9 Å². The summed E-state index contributed by atoms with van der Waals surface area (Å²) in [6, 6.07) is 14.7. The smallest absolute Gasteiger partial charge is 0.337 e. The average Bonchev–Trinajstić information content (AvgIpc) is 3.41. The maximum absolute atomic E-state index is 14.7. The van der Waals surface area contributed by atoms with E-state index in [-0.39, 0.29) is 5.56 Å². The molecule has 1 aliphatic heterocycles. The van der Waals surface area contributed by atoms with Crippen LogP contribution in [0, 0.1) is 24.4 Å². The molecule has 0 bridgehead atoms. The van der Waals surface area contributed by atoms with Crippen molar-refractivity contribution in [2.75, 3.05) is 6.61 Å². The standard InChI is InChI=1S/C35H31F3N2O4/c1-19-17-40-18-26(21-8-5-7-20(15-21)24-11-12-25(36)31(38)30(24)37)39-33(40)29(28(19)32(34(41)42)44-35(2,3)4)23-10-13-27-22(16-23)9-6-14-43-27/h5,7-8,10-13,15-18,32H,6,9,14H2,1-4H3,(H,41,42)/t32-/m0/s1. The van der Waals surface area contributed by atoms with E-state index in [9.17, 15) is 23.1 Å². The van der Waals surface area contributed by atoms with Gasteiger partial charge in [-0.1, -0.05) is 24.3 Å². The van der Waals surface area contributed by atoms with E-state index in [0.29, 0.717) is 45.8 Å². The SMILES string of the molecule is Cc1cn2cc(-c3cccc(-c4ccc(F)c(F)c4F)c3)nc2c(-c2ccc3c(c2)CCCO3)c1[C@H](OC(C)(C)C)C(=O)O. The van der Waals surface area contributed by atoms with E-state index in [1.165, 1.54) is 6.07 Å². The molecule has 1 atom stereocenters. The largest absolute Gasteiger partial charge is 0.493 e. The molecule has 3 aromatic carbocycles. The number of rotatable bonds is 6. The summed E-state index contributed by atoms with van der Waals surface area (Å²) in [5, 5.41) is 10.4. The quantitative estimate of drug-likeness (QED) is 0.199. The Hall–Kier alpha value is -4.63. The van der Waals surface area contributed by atoms with Crippen molar-refractivity contribution in [2.24, 2.45) is 0 Å². The van der Waals surface area contributed by atoms with Crippen molar-refractivity contribution in [3.05, 3.63) is 101 Å². The molecule has 0 spiro atoms. The third-order valence-corrected chi connectivity index (χ3v) is 7.64. The number of carbonyl (C=O) groups is 1. The van der Waals surface area contributed by atoms with E-state index in [2.05, 4.69) is 0 Å². The van der Waals surface area contributed by atoms with Gasteiger partial charge in [0.1, 0.15) is 11.4 Å². The van der Waals surface area contributed by atoms with Gasteiger partial charge in [-0.25, -0.2) is 22.9 Å². The number of aryl methyl sites for hydroxylation is 2. The summed E-state index contributed by atoms with van der Waals surface area (Å²) in [6.07, 6.45) is 4.04. The molecule has 1 aliphatic rings. The maximum Gasteiger partial charge on any atom is 0.337 e. The first-order valence-electron chi connectivity index (χ1n) is 14.3. The number of carboxylic acid groups (broad SMARTS) is 1. The van der Waals surface area contributed by atoms with Crippen LogP contribution in [-0.4, -0.2) is 32.7 Å². The number of pyridine rings is 1. The molecule has 0 amide bonds. The van der Waals surface area contributed by atoms with Crippen molar-refractivity contribution < 1.29 is 32.5 Å². The summed E-state index contributed by atoms with van der Waals surface area (Å²) in [4.78, 5) is 17.7. The minimum atomic E-state index is -1.53. The summed E-state index contributed by atoms with van der Waals surface area (Å²) >= 11 is 0. The number of halogens is 3. The monoisotopic (exact) mass is 600 g/mol. The highest BCUT2D eigenvalue weighted by molar-refractivity contribution is 5.89. The number of fused-ring (bicyclic) bond motifs is 2. The van der Waals surface area contributed by atoms with Gasteiger partial charge in [-0.3, -0.25) is 0 Å². The fourth-order valence-electron chi connectivity index (χ4n) is 5.73. The molecule has 0 unspecified atom stereocenters. The Morgan fingerprint density at radius 3 is 2.52 bits per heavy atom. The summed E-state index contributed by atoms with van der Waals surface area (Å²) in [7, 11) is 0. The van der Waals surface area contributed by atoms with Crippen LogP contribution >= 0.6 is 0 Å². The zero-order chi connectivity index (χ0) is 31.3. The van der Waals surface area contributed by atoms with Gasteiger partial charge >= 0.3 is 5.97 Å². The summed E-state index contributed by atoms with van der Waals surface area (Å²) in [6.45, 7) is 7.91. The third-order valence-electron chi connectivity index (χ3n) is 7.64. The minimum Gasteiger partial charge on any atom is -0.493 e. The van der Waals surface area contributed by atoms with Crippen LogP contribution in [0.3, 0.4) is 0 Å². The number of carboxylic acids is 1. The average molecular weight is 601 g/mol. The molecule has 9 heteroatoms. The predicted molar refractivity (Wildman–Crippen MR) is 161 cm³/mol. The van der Waals surface area contributed by atoms with E-state index in [4.69, 9.17) is 14.5 Å². The van der Waals surface area contributed by atoms with Gasteiger partial charge in [0.2, 0.25) is 0 Å². The van der Waals surface area contributed by atoms with Crippen molar-refractivity contribution in [1.82, 2.24) is 9.38 Å². The van der Waals surface area contributed by atoms with Crippen LogP contribution in [0.15, 0.2) is 67.0 Å². The first-order chi connectivity index (χ1) is 20.9. The first kappa shape index (κ1) is 29.4. The van der Waals surface area contributed by atoms with Gasteiger partial charge < -0.3 is 19.0 Å². The number of imidazole rings is 1. The number of ether oxygens (including phenoxy) is 2. The lowest BCUT2D eigenvalue weighted by molar-refractivity contribution is -0.160. The molecule has 0 radical (unpaired) electrons. The number of aliphatic carboxylic acids is 1. The summed E-state index contributed by atoms with van der Waals surface area (Å²) in [5.41, 5.74) is 4.77. The molecule has 44 heavy (non-hydrogen) atoms. The molecular formula is C35H31F3N2O4. The minimum absolute atomic E-state index is 0.0757. The van der Waals surface area contributed by atoms with Crippen molar-refractivity contribution in [3.63, 3.8) is 0 Å². The Morgan fingerprint density at radius 2 is 1.77 bits per heavy atom. The highest BCUT2D eigenvalue weighted by atomic mass is 19.2. The van der Waals surface area contributed by atoms with Crippen LogP contribution in [0.2, 0.25) is 0 Å². The number of hydrogen-bond donors (Lipinski definition) is 1. The number of nitrogens with zero attached hydrogens (tertiary/aromatic N) is 2. The van der Waals surface area contributed by atoms with E-state index in [1.807, 2.05) is 56.5 Å². The molecule has 6 nitrogen and oxygen atoms in total.